The summed E-state index contributed by atoms with van der Waals surface area (Å²) in [5, 5.41) is 43.5. The maximum absolute atomic E-state index is 12.3. The van der Waals surface area contributed by atoms with Gasteiger partial charge in [0, 0.05) is 0 Å². The topological polar surface area (TPSA) is 149 Å². The SMILES string of the molecule is O=Nc1c(O)c[n+]2n(c1=O)C1=C(O)C(=NO)C(O)=CC1C=C2. The molecular formula is C12H9N4O6+. The Morgan fingerprint density at radius 1 is 1.27 bits per heavy atom. The fourth-order valence-corrected chi connectivity index (χ4v) is 2.38. The Kier molecular flexibility index (Phi) is 2.80. The molecule has 1 aliphatic heterocycles. The summed E-state index contributed by atoms with van der Waals surface area (Å²) in [4.78, 5) is 23.0. The fraction of sp³-hybridized carbons (Fsp3) is 0.0833. The van der Waals surface area contributed by atoms with Crippen LogP contribution < -0.4 is 10.2 Å². The van der Waals surface area contributed by atoms with Gasteiger partial charge in [0.25, 0.3) is 0 Å². The molecule has 3 rings (SSSR count). The molecule has 1 aromatic rings. The Morgan fingerprint density at radius 3 is 2.64 bits per heavy atom. The molecular weight excluding hydrogens is 296 g/mol. The molecule has 0 saturated heterocycles. The highest BCUT2D eigenvalue weighted by molar-refractivity contribution is 6.13. The molecule has 1 unspecified atom stereocenters. The summed E-state index contributed by atoms with van der Waals surface area (Å²) in [7, 11) is 0. The quantitative estimate of drug-likeness (QED) is 0.254. The number of aromatic nitrogens is 2. The summed E-state index contributed by atoms with van der Waals surface area (Å²) >= 11 is 0. The van der Waals surface area contributed by atoms with Crippen molar-refractivity contribution in [2.45, 2.75) is 0 Å². The van der Waals surface area contributed by atoms with Gasteiger partial charge < -0.3 is 20.5 Å². The lowest BCUT2D eigenvalue weighted by molar-refractivity contribution is -0.657. The van der Waals surface area contributed by atoms with E-state index in [4.69, 9.17) is 5.21 Å². The predicted octanol–water partition coefficient (Wildman–Crippen LogP) is 0.352. The van der Waals surface area contributed by atoms with Gasteiger partial charge in [-0.25, -0.2) is 0 Å². The van der Waals surface area contributed by atoms with E-state index in [0.29, 0.717) is 0 Å². The zero-order chi connectivity index (χ0) is 16.0. The zero-order valence-corrected chi connectivity index (χ0v) is 10.8. The van der Waals surface area contributed by atoms with Crippen LogP contribution in [-0.4, -0.2) is 30.9 Å². The molecule has 1 aliphatic carbocycles. The number of aliphatic hydroxyl groups excluding tert-OH is 2. The standard InChI is InChI=1S/C12H8N4O6/c17-6-3-5-1-2-15-4-7(18)9(14-22)12(20)16(15)10(5)11(19)8(6)13-21/h1-5H,(H3-,17,18,19,20,21,22)/p+1. The minimum Gasteiger partial charge on any atom is -0.506 e. The number of allylic oxidation sites excluding steroid dienone is 3. The Balaban J connectivity index is 2.40. The molecule has 10 nitrogen and oxygen atoms in total. The first-order chi connectivity index (χ1) is 10.5. The van der Waals surface area contributed by atoms with E-state index in [1.54, 1.807) is 0 Å². The number of fused-ring (bicyclic) bond motifs is 3. The van der Waals surface area contributed by atoms with Gasteiger partial charge in [-0.15, -0.1) is 4.91 Å². The summed E-state index contributed by atoms with van der Waals surface area (Å²) in [5.41, 5.74) is -2.28. The van der Waals surface area contributed by atoms with Crippen LogP contribution >= 0.6 is 0 Å². The van der Waals surface area contributed by atoms with E-state index in [9.17, 15) is 25.0 Å². The smallest absolute Gasteiger partial charge is 0.340 e. The first-order valence-corrected chi connectivity index (χ1v) is 5.98. The minimum atomic E-state index is -0.974. The van der Waals surface area contributed by atoms with Crippen molar-refractivity contribution in [3.8, 4) is 5.75 Å². The van der Waals surface area contributed by atoms with Gasteiger partial charge in [0.15, 0.2) is 17.7 Å². The summed E-state index contributed by atoms with van der Waals surface area (Å²) in [5.74, 6) is -2.43. The van der Waals surface area contributed by atoms with Crippen LogP contribution in [0.2, 0.25) is 0 Å². The van der Waals surface area contributed by atoms with Crippen molar-refractivity contribution in [3.63, 3.8) is 0 Å². The molecule has 0 spiro atoms. The summed E-state index contributed by atoms with van der Waals surface area (Å²) < 4.78 is 2.00. The number of hydrogen-bond donors (Lipinski definition) is 4. The first-order valence-electron chi connectivity index (χ1n) is 5.98. The lowest BCUT2D eigenvalue weighted by atomic mass is 9.94. The van der Waals surface area contributed by atoms with E-state index in [-0.39, 0.29) is 5.70 Å². The van der Waals surface area contributed by atoms with Crippen LogP contribution in [0.4, 0.5) is 5.69 Å². The molecule has 4 N–H and O–H groups in total. The highest BCUT2D eigenvalue weighted by Crippen LogP contribution is 2.31. The molecule has 0 fully saturated rings. The van der Waals surface area contributed by atoms with E-state index < -0.39 is 40.1 Å². The van der Waals surface area contributed by atoms with Crippen LogP contribution in [0.25, 0.3) is 11.9 Å². The number of rotatable bonds is 1. The third kappa shape index (κ3) is 1.63. The molecule has 0 bridgehead atoms. The average Bonchev–Trinajstić information content (AvgIpc) is 2.47. The summed E-state index contributed by atoms with van der Waals surface area (Å²) in [6.07, 6.45) is 5.21. The lowest BCUT2D eigenvalue weighted by Gasteiger charge is -2.22. The van der Waals surface area contributed by atoms with Gasteiger partial charge in [-0.1, -0.05) is 14.5 Å². The molecule has 0 saturated carbocycles. The minimum absolute atomic E-state index is 0.0528. The monoisotopic (exact) mass is 305 g/mol. The Bertz CT molecular complexity index is 876. The van der Waals surface area contributed by atoms with Gasteiger partial charge >= 0.3 is 5.56 Å². The van der Waals surface area contributed by atoms with Crippen LogP contribution in [0.5, 0.6) is 5.75 Å². The third-order valence-electron chi connectivity index (χ3n) is 3.35. The molecule has 2 aliphatic rings. The molecule has 1 aromatic heterocycles. The molecule has 0 amide bonds. The van der Waals surface area contributed by atoms with Crippen molar-refractivity contribution in [3.05, 3.63) is 45.1 Å². The molecule has 2 heterocycles. The van der Waals surface area contributed by atoms with E-state index >= 15 is 0 Å². The first kappa shape index (κ1) is 13.5. The second-order valence-corrected chi connectivity index (χ2v) is 4.55. The number of aromatic hydroxyl groups is 1. The second-order valence-electron chi connectivity index (χ2n) is 4.55. The summed E-state index contributed by atoms with van der Waals surface area (Å²) in [6.45, 7) is 0. The highest BCUT2D eigenvalue weighted by Gasteiger charge is 2.37. The third-order valence-corrected chi connectivity index (χ3v) is 3.35. The number of aliphatic hydroxyl groups is 2. The van der Waals surface area contributed by atoms with Gasteiger partial charge in [-0.2, -0.15) is 0 Å². The number of hydrogen-bond acceptors (Lipinski definition) is 8. The normalized spacial score (nSPS) is 21.4. The van der Waals surface area contributed by atoms with Gasteiger partial charge in [-0.3, -0.25) is 4.79 Å². The van der Waals surface area contributed by atoms with Crippen LogP contribution in [-0.2, 0) is 0 Å². The van der Waals surface area contributed by atoms with Gasteiger partial charge in [0.2, 0.25) is 17.6 Å². The zero-order valence-electron chi connectivity index (χ0n) is 10.8. The highest BCUT2D eigenvalue weighted by atomic mass is 16.4. The summed E-state index contributed by atoms with van der Waals surface area (Å²) in [6, 6.07) is 0. The maximum Gasteiger partial charge on any atom is 0.340 e. The largest absolute Gasteiger partial charge is 0.506 e. The number of oxime groups is 1. The molecule has 22 heavy (non-hydrogen) atoms. The van der Waals surface area contributed by atoms with Crippen molar-refractivity contribution >= 4 is 23.3 Å². The van der Waals surface area contributed by atoms with E-state index in [2.05, 4.69) is 10.3 Å². The van der Waals surface area contributed by atoms with Crippen molar-refractivity contribution in [1.82, 2.24) is 4.68 Å². The Labute approximate surface area is 121 Å². The van der Waals surface area contributed by atoms with E-state index in [1.807, 2.05) is 0 Å². The predicted molar refractivity (Wildman–Crippen MR) is 72.6 cm³/mol. The molecule has 10 heteroatoms. The molecule has 112 valence electrons. The number of nitroso groups, excluding NO2 is 1. The van der Waals surface area contributed by atoms with Crippen molar-refractivity contribution in [2.24, 2.45) is 16.3 Å². The van der Waals surface area contributed by atoms with Crippen LogP contribution in [0, 0.1) is 10.8 Å². The van der Waals surface area contributed by atoms with Gasteiger partial charge in [0.05, 0.1) is 5.92 Å². The second kappa shape index (κ2) is 4.55. The van der Waals surface area contributed by atoms with E-state index in [1.165, 1.54) is 18.4 Å². The maximum atomic E-state index is 12.3. The van der Waals surface area contributed by atoms with Crippen molar-refractivity contribution in [2.75, 3.05) is 0 Å². The van der Waals surface area contributed by atoms with Gasteiger partial charge in [-0.05, 0) is 17.3 Å². The molecule has 1 atom stereocenters. The molecule has 0 aromatic carbocycles. The van der Waals surface area contributed by atoms with E-state index in [0.717, 1.165) is 15.6 Å². The molecule has 0 radical (unpaired) electrons. The van der Waals surface area contributed by atoms with Crippen molar-refractivity contribution < 1.29 is 25.2 Å². The van der Waals surface area contributed by atoms with Gasteiger partial charge in [0.1, 0.15) is 11.5 Å². The number of nitrogens with zero attached hydrogens (tertiary/aromatic N) is 4. The van der Waals surface area contributed by atoms with Crippen molar-refractivity contribution in [1.29, 1.82) is 0 Å². The van der Waals surface area contributed by atoms with Crippen LogP contribution in [0.3, 0.4) is 0 Å². The average molecular weight is 305 g/mol. The Morgan fingerprint density at radius 2 is 2.00 bits per heavy atom. The Hall–Kier alpha value is -3.43. The van der Waals surface area contributed by atoms with Crippen LogP contribution in [0.1, 0.15) is 0 Å². The lowest BCUT2D eigenvalue weighted by Crippen LogP contribution is -2.50. The fourth-order valence-electron chi connectivity index (χ4n) is 2.38. The van der Waals surface area contributed by atoms with Crippen LogP contribution in [0.15, 0.2) is 45.0 Å².